The lowest BCUT2D eigenvalue weighted by molar-refractivity contribution is -0.130. The molecule has 0 aliphatic carbocycles. The maximum atomic E-state index is 9.91. The summed E-state index contributed by atoms with van der Waals surface area (Å²) < 4.78 is 0. The standard InChI is InChI=1S/C7H5NO2/c9-7(10)2-1-6-3-4-8-5-6/h3-5,8H,(H,9,10). The van der Waals surface area contributed by atoms with Crippen molar-refractivity contribution in [3.8, 4) is 11.8 Å². The van der Waals surface area contributed by atoms with Crippen molar-refractivity contribution in [1.29, 1.82) is 0 Å². The summed E-state index contributed by atoms with van der Waals surface area (Å²) in [6.45, 7) is 0. The van der Waals surface area contributed by atoms with Crippen molar-refractivity contribution in [2.24, 2.45) is 0 Å². The molecule has 0 radical (unpaired) electrons. The van der Waals surface area contributed by atoms with Gasteiger partial charge in [0.1, 0.15) is 0 Å². The molecule has 0 bridgehead atoms. The zero-order valence-electron chi connectivity index (χ0n) is 5.09. The Morgan fingerprint density at radius 1 is 1.70 bits per heavy atom. The van der Waals surface area contributed by atoms with E-state index in [1.54, 1.807) is 18.5 Å². The van der Waals surface area contributed by atoms with Crippen LogP contribution in [0, 0.1) is 11.8 Å². The average molecular weight is 135 g/mol. The Morgan fingerprint density at radius 3 is 3.00 bits per heavy atom. The van der Waals surface area contributed by atoms with E-state index in [9.17, 15) is 4.79 Å². The maximum absolute atomic E-state index is 9.91. The number of H-pyrrole nitrogens is 1. The lowest BCUT2D eigenvalue weighted by Gasteiger charge is -1.72. The summed E-state index contributed by atoms with van der Waals surface area (Å²) in [7, 11) is 0. The van der Waals surface area contributed by atoms with Crippen LogP contribution in [0.1, 0.15) is 5.56 Å². The molecule has 1 rings (SSSR count). The van der Waals surface area contributed by atoms with Crippen LogP contribution in [0.25, 0.3) is 0 Å². The van der Waals surface area contributed by atoms with Crippen molar-refractivity contribution in [3.05, 3.63) is 24.0 Å². The van der Waals surface area contributed by atoms with E-state index in [4.69, 9.17) is 5.11 Å². The van der Waals surface area contributed by atoms with Gasteiger partial charge in [0.2, 0.25) is 0 Å². The molecule has 3 heteroatoms. The van der Waals surface area contributed by atoms with Gasteiger partial charge in [0.05, 0.1) is 0 Å². The summed E-state index contributed by atoms with van der Waals surface area (Å²) in [5.41, 5.74) is 0.683. The third-order valence-electron chi connectivity index (χ3n) is 0.912. The fourth-order valence-electron chi connectivity index (χ4n) is 0.527. The van der Waals surface area contributed by atoms with Gasteiger partial charge < -0.3 is 10.1 Å². The minimum absolute atomic E-state index is 0.683. The third kappa shape index (κ3) is 1.67. The molecule has 3 nitrogen and oxygen atoms in total. The van der Waals surface area contributed by atoms with E-state index in [-0.39, 0.29) is 0 Å². The van der Waals surface area contributed by atoms with Crippen LogP contribution in [0.5, 0.6) is 0 Å². The summed E-state index contributed by atoms with van der Waals surface area (Å²) in [6, 6.07) is 1.70. The molecule has 0 fully saturated rings. The molecule has 0 saturated heterocycles. The van der Waals surface area contributed by atoms with E-state index in [0.29, 0.717) is 5.56 Å². The van der Waals surface area contributed by atoms with Crippen molar-refractivity contribution < 1.29 is 9.90 Å². The quantitative estimate of drug-likeness (QED) is 0.507. The summed E-state index contributed by atoms with van der Waals surface area (Å²) >= 11 is 0. The molecule has 0 aromatic carbocycles. The summed E-state index contributed by atoms with van der Waals surface area (Å²) in [5, 5.41) is 8.13. The van der Waals surface area contributed by atoms with Gasteiger partial charge in [-0.3, -0.25) is 0 Å². The van der Waals surface area contributed by atoms with Crippen molar-refractivity contribution in [2.75, 3.05) is 0 Å². The van der Waals surface area contributed by atoms with Crippen molar-refractivity contribution in [1.82, 2.24) is 4.98 Å². The first kappa shape index (κ1) is 6.43. The Morgan fingerprint density at radius 2 is 2.50 bits per heavy atom. The highest BCUT2D eigenvalue weighted by atomic mass is 16.4. The monoisotopic (exact) mass is 135 g/mol. The molecule has 0 aliphatic rings. The van der Waals surface area contributed by atoms with Crippen LogP contribution in [0.15, 0.2) is 18.5 Å². The number of carbonyl (C=O) groups is 1. The number of rotatable bonds is 0. The SMILES string of the molecule is O=C(O)C#Cc1cc[nH]c1. The first-order chi connectivity index (χ1) is 4.79. The van der Waals surface area contributed by atoms with Crippen LogP contribution in [-0.2, 0) is 4.79 Å². The summed E-state index contributed by atoms with van der Waals surface area (Å²) in [5.74, 6) is 3.33. The number of hydrogen-bond acceptors (Lipinski definition) is 1. The van der Waals surface area contributed by atoms with E-state index in [1.807, 2.05) is 5.92 Å². The maximum Gasteiger partial charge on any atom is 0.382 e. The molecule has 0 atom stereocenters. The summed E-state index contributed by atoms with van der Waals surface area (Å²) in [4.78, 5) is 12.7. The first-order valence-corrected chi connectivity index (χ1v) is 2.67. The highest BCUT2D eigenvalue weighted by Crippen LogP contribution is 1.90. The second-order valence-electron chi connectivity index (χ2n) is 1.65. The molecule has 10 heavy (non-hydrogen) atoms. The fraction of sp³-hybridized carbons (Fsp3) is 0. The van der Waals surface area contributed by atoms with Gasteiger partial charge in [-0.15, -0.1) is 0 Å². The number of carboxylic acids is 1. The van der Waals surface area contributed by atoms with Gasteiger partial charge in [-0.2, -0.15) is 0 Å². The van der Waals surface area contributed by atoms with Gasteiger partial charge >= 0.3 is 5.97 Å². The molecule has 0 unspecified atom stereocenters. The number of aromatic amines is 1. The minimum Gasteiger partial charge on any atom is -0.472 e. The third-order valence-corrected chi connectivity index (χ3v) is 0.912. The Labute approximate surface area is 57.7 Å². The van der Waals surface area contributed by atoms with E-state index in [1.165, 1.54) is 0 Å². The minimum atomic E-state index is -1.11. The second kappa shape index (κ2) is 2.74. The van der Waals surface area contributed by atoms with Crippen molar-refractivity contribution in [3.63, 3.8) is 0 Å². The lowest BCUT2D eigenvalue weighted by atomic mass is 10.3. The van der Waals surface area contributed by atoms with Gasteiger partial charge in [0, 0.05) is 23.9 Å². The molecule has 0 amide bonds. The summed E-state index contributed by atoms with van der Waals surface area (Å²) in [6.07, 6.45) is 3.32. The number of nitrogens with one attached hydrogen (secondary N) is 1. The van der Waals surface area contributed by atoms with Crippen molar-refractivity contribution >= 4 is 5.97 Å². The van der Waals surface area contributed by atoms with Crippen LogP contribution in [0.2, 0.25) is 0 Å². The second-order valence-corrected chi connectivity index (χ2v) is 1.65. The van der Waals surface area contributed by atoms with Gasteiger partial charge in [0.15, 0.2) is 0 Å². The normalized spacial score (nSPS) is 8.00. The molecule has 0 aliphatic heterocycles. The average Bonchev–Trinajstić information content (AvgIpc) is 2.34. The zero-order valence-corrected chi connectivity index (χ0v) is 5.09. The number of aliphatic carboxylic acids is 1. The molecule has 0 spiro atoms. The number of carboxylic acid groups (broad SMARTS) is 1. The molecular formula is C7H5NO2. The predicted octanol–water partition coefficient (Wildman–Crippen LogP) is 0.451. The molecule has 50 valence electrons. The van der Waals surface area contributed by atoms with Gasteiger partial charge in [-0.05, 0) is 6.07 Å². The largest absolute Gasteiger partial charge is 0.472 e. The predicted molar refractivity (Wildman–Crippen MR) is 35.3 cm³/mol. The Hall–Kier alpha value is -1.69. The number of aromatic nitrogens is 1. The highest BCUT2D eigenvalue weighted by molar-refractivity contribution is 5.87. The van der Waals surface area contributed by atoms with Crippen LogP contribution in [0.3, 0.4) is 0 Å². The molecule has 1 aromatic heterocycles. The van der Waals surface area contributed by atoms with Crippen LogP contribution >= 0.6 is 0 Å². The topological polar surface area (TPSA) is 53.1 Å². The highest BCUT2D eigenvalue weighted by Gasteiger charge is 1.85. The lowest BCUT2D eigenvalue weighted by Crippen LogP contribution is -1.86. The van der Waals surface area contributed by atoms with Gasteiger partial charge in [-0.25, -0.2) is 4.79 Å². The van der Waals surface area contributed by atoms with E-state index < -0.39 is 5.97 Å². The molecular weight excluding hydrogens is 130 g/mol. The van der Waals surface area contributed by atoms with E-state index in [0.717, 1.165) is 0 Å². The Kier molecular flexibility index (Phi) is 1.76. The zero-order chi connectivity index (χ0) is 7.40. The van der Waals surface area contributed by atoms with Gasteiger partial charge in [-0.1, -0.05) is 5.92 Å². The molecule has 2 N–H and O–H groups in total. The molecule has 1 aromatic rings. The van der Waals surface area contributed by atoms with Gasteiger partial charge in [0.25, 0.3) is 0 Å². The van der Waals surface area contributed by atoms with Crippen LogP contribution in [-0.4, -0.2) is 16.1 Å². The number of hydrogen-bond donors (Lipinski definition) is 2. The fourth-order valence-corrected chi connectivity index (χ4v) is 0.527. The van der Waals surface area contributed by atoms with Crippen molar-refractivity contribution in [2.45, 2.75) is 0 Å². The Bertz CT molecular complexity index is 276. The molecule has 1 heterocycles. The first-order valence-electron chi connectivity index (χ1n) is 2.67. The smallest absolute Gasteiger partial charge is 0.382 e. The van der Waals surface area contributed by atoms with Crippen LogP contribution < -0.4 is 0 Å². The Balaban J connectivity index is 2.75. The molecule has 0 saturated carbocycles. The van der Waals surface area contributed by atoms with E-state index in [2.05, 4.69) is 10.9 Å². The van der Waals surface area contributed by atoms with E-state index >= 15 is 0 Å². The van der Waals surface area contributed by atoms with Crippen LogP contribution in [0.4, 0.5) is 0 Å².